The van der Waals surface area contributed by atoms with Crippen LogP contribution in [0, 0.1) is 53.3 Å². The van der Waals surface area contributed by atoms with Crippen LogP contribution in [0.5, 0.6) is 0 Å². The molecule has 0 bridgehead atoms. The average Bonchev–Trinajstić information content (AvgIpc) is 2.89. The van der Waals surface area contributed by atoms with Crippen molar-refractivity contribution in [2.24, 2.45) is 53.3 Å². The molecule has 6 aliphatic carbocycles. The lowest BCUT2D eigenvalue weighted by Gasteiger charge is -2.68. The van der Waals surface area contributed by atoms with Crippen molar-refractivity contribution in [1.82, 2.24) is 0 Å². The highest BCUT2D eigenvalue weighted by Gasteiger charge is 2.55. The van der Waals surface area contributed by atoms with Crippen molar-refractivity contribution in [3.05, 3.63) is 0 Å². The lowest BCUT2D eigenvalue weighted by molar-refractivity contribution is 0.0797. The van der Waals surface area contributed by atoms with Gasteiger partial charge in [0.2, 0.25) is 0 Å². The van der Waals surface area contributed by atoms with Crippen molar-refractivity contribution < 1.29 is 0 Å². The summed E-state index contributed by atoms with van der Waals surface area (Å²) in [5.41, 5.74) is 0. The largest absolute Gasteiger partial charge is 0.189 e. The van der Waals surface area contributed by atoms with Crippen LogP contribution >= 0.6 is 0 Å². The Morgan fingerprint density at radius 1 is 0.343 bits per heavy atom. The van der Waals surface area contributed by atoms with Crippen LogP contribution in [0.2, 0.25) is 24.3 Å². The van der Waals surface area contributed by atoms with Gasteiger partial charge in [0.05, 0.1) is 0 Å². The zero-order valence-electron chi connectivity index (χ0n) is 24.2. The third kappa shape index (κ3) is 4.32. The molecule has 6 aliphatic rings. The maximum absolute atomic E-state index is 3.06. The minimum absolute atomic E-state index is 0.313. The highest BCUT2D eigenvalue weighted by Crippen LogP contribution is 2.67. The third-order valence-electron chi connectivity index (χ3n) is 15.1. The first-order chi connectivity index (χ1) is 17.0. The summed E-state index contributed by atoms with van der Waals surface area (Å²) in [7, 11) is 0. The van der Waals surface area contributed by atoms with E-state index < -0.39 is 0 Å². The van der Waals surface area contributed by atoms with Gasteiger partial charge in [-0.25, -0.2) is 0 Å². The fourth-order valence-electron chi connectivity index (χ4n) is 13.6. The van der Waals surface area contributed by atoms with E-state index in [1.807, 2.05) is 0 Å². The van der Waals surface area contributed by atoms with Crippen molar-refractivity contribution in [1.29, 1.82) is 0 Å². The fraction of sp³-hybridized carbons (Fsp3) is 1.00. The van der Waals surface area contributed by atoms with Gasteiger partial charge in [0.15, 0.2) is 0 Å². The highest BCUT2D eigenvalue weighted by atomic mass is 14.5. The SMILES string of the molecule is CC1CCC([B-](C)(C2CCC(C)C3CCCCC32)C2CCC(C)C3CCCCC32)C2CCCCC12. The van der Waals surface area contributed by atoms with Gasteiger partial charge in [0, 0.05) is 6.15 Å². The predicted octanol–water partition coefficient (Wildman–Crippen LogP) is 10.9. The van der Waals surface area contributed by atoms with E-state index in [1.54, 1.807) is 116 Å². The summed E-state index contributed by atoms with van der Waals surface area (Å²) in [4.78, 5) is 0. The summed E-state index contributed by atoms with van der Waals surface area (Å²) in [6, 6.07) is 0. The molecule has 0 nitrogen and oxygen atoms in total. The smallest absolute Gasteiger partial charge is 0.00798 e. The molecule has 0 saturated heterocycles. The molecule has 0 aromatic carbocycles. The van der Waals surface area contributed by atoms with Gasteiger partial charge in [0.25, 0.3) is 0 Å². The molecule has 0 aliphatic heterocycles. The van der Waals surface area contributed by atoms with Gasteiger partial charge >= 0.3 is 0 Å². The van der Waals surface area contributed by atoms with Gasteiger partial charge in [0.1, 0.15) is 0 Å². The lowest BCUT2D eigenvalue weighted by atomic mass is 9.04. The number of hydrogen-bond acceptors (Lipinski definition) is 0. The van der Waals surface area contributed by atoms with E-state index in [2.05, 4.69) is 27.6 Å². The average molecular weight is 480 g/mol. The molecule has 12 atom stereocenters. The Hall–Kier alpha value is 0.0649. The van der Waals surface area contributed by atoms with Crippen molar-refractivity contribution in [2.45, 2.75) is 161 Å². The molecule has 0 heterocycles. The van der Waals surface area contributed by atoms with Gasteiger partial charge in [-0.3, -0.25) is 0 Å². The van der Waals surface area contributed by atoms with Crippen LogP contribution in [-0.2, 0) is 0 Å². The summed E-state index contributed by atoms with van der Waals surface area (Å²) in [6.07, 6.45) is 28.1. The normalized spacial score (nSPS) is 52.5. The molecule has 0 radical (unpaired) electrons. The summed E-state index contributed by atoms with van der Waals surface area (Å²) in [5, 5.41) is 0. The second kappa shape index (κ2) is 10.3. The monoisotopic (exact) mass is 479 g/mol. The molecule has 0 aromatic heterocycles. The Morgan fingerprint density at radius 2 is 0.600 bits per heavy atom. The van der Waals surface area contributed by atoms with Gasteiger partial charge in [-0.2, -0.15) is 24.3 Å². The molecule has 35 heavy (non-hydrogen) atoms. The molecule has 0 aromatic rings. The zero-order chi connectivity index (χ0) is 24.2. The van der Waals surface area contributed by atoms with Crippen LogP contribution in [0.25, 0.3) is 0 Å². The number of rotatable bonds is 3. The van der Waals surface area contributed by atoms with E-state index in [0.717, 1.165) is 70.7 Å². The van der Waals surface area contributed by atoms with Gasteiger partial charge in [-0.1, -0.05) is 154 Å². The number of hydrogen-bond donors (Lipinski definition) is 0. The van der Waals surface area contributed by atoms with Crippen LogP contribution in [0.4, 0.5) is 0 Å². The maximum atomic E-state index is 3.06. The molecule has 0 N–H and O–H groups in total. The molecule has 6 fully saturated rings. The molecule has 6 rings (SSSR count). The van der Waals surface area contributed by atoms with Gasteiger partial charge < -0.3 is 0 Å². The second-order valence-electron chi connectivity index (χ2n) is 16.1. The molecular formula is C34H60B-. The van der Waals surface area contributed by atoms with Gasteiger partial charge in [-0.15, -0.1) is 0 Å². The third-order valence-corrected chi connectivity index (χ3v) is 15.1. The minimum atomic E-state index is -0.313. The fourth-order valence-corrected chi connectivity index (χ4v) is 13.6. The molecule has 0 spiro atoms. The molecule has 0 amide bonds. The number of fused-ring (bicyclic) bond motifs is 3. The van der Waals surface area contributed by atoms with Crippen molar-refractivity contribution in [2.75, 3.05) is 0 Å². The summed E-state index contributed by atoms with van der Waals surface area (Å²) < 4.78 is 0. The topological polar surface area (TPSA) is 0 Å². The highest BCUT2D eigenvalue weighted by molar-refractivity contribution is 6.83. The minimum Gasteiger partial charge on any atom is -0.189 e. The van der Waals surface area contributed by atoms with Crippen LogP contribution in [0.3, 0.4) is 0 Å². The van der Waals surface area contributed by atoms with E-state index in [1.165, 1.54) is 0 Å². The van der Waals surface area contributed by atoms with E-state index in [0.29, 0.717) is 0 Å². The zero-order valence-corrected chi connectivity index (χ0v) is 24.2. The first-order valence-corrected chi connectivity index (χ1v) is 17.2. The van der Waals surface area contributed by atoms with Crippen LogP contribution in [-0.4, -0.2) is 6.15 Å². The van der Waals surface area contributed by atoms with E-state index in [9.17, 15) is 0 Å². The first kappa shape index (κ1) is 25.3. The maximum Gasteiger partial charge on any atom is 0.00798 e. The summed E-state index contributed by atoms with van der Waals surface area (Å²) in [5.74, 6) is 12.9. The van der Waals surface area contributed by atoms with Crippen molar-refractivity contribution >= 4 is 6.15 Å². The molecular weight excluding hydrogens is 419 g/mol. The van der Waals surface area contributed by atoms with Gasteiger partial charge in [-0.05, 0) is 35.5 Å². The quantitative estimate of drug-likeness (QED) is 0.353. The molecule has 6 saturated carbocycles. The Bertz CT molecular complexity index is 620. The summed E-state index contributed by atoms with van der Waals surface area (Å²) >= 11 is 0. The van der Waals surface area contributed by atoms with Crippen LogP contribution in [0.15, 0.2) is 0 Å². The lowest BCUT2D eigenvalue weighted by Crippen LogP contribution is -2.59. The Kier molecular flexibility index (Phi) is 7.48. The predicted molar refractivity (Wildman–Crippen MR) is 154 cm³/mol. The molecule has 12 unspecified atom stereocenters. The Balaban J connectivity index is 1.41. The van der Waals surface area contributed by atoms with E-state index in [4.69, 9.17) is 0 Å². The second-order valence-corrected chi connectivity index (χ2v) is 16.1. The van der Waals surface area contributed by atoms with Crippen LogP contribution in [0.1, 0.15) is 136 Å². The Morgan fingerprint density at radius 3 is 0.886 bits per heavy atom. The van der Waals surface area contributed by atoms with E-state index >= 15 is 0 Å². The first-order valence-electron chi connectivity index (χ1n) is 17.2. The standard InChI is InChI=1S/C34H60B/c1-23-17-20-32(29-14-8-5-11-26(23)29)35(4,33-21-18-24(2)27-12-6-9-15-30(27)33)34-22-19-25(3)28-13-7-10-16-31(28)34/h23-34H,5-22H2,1-4H3/q-1. The molecule has 200 valence electrons. The molecule has 1 heteroatoms. The van der Waals surface area contributed by atoms with Crippen molar-refractivity contribution in [3.63, 3.8) is 0 Å². The van der Waals surface area contributed by atoms with Crippen molar-refractivity contribution in [3.8, 4) is 0 Å². The van der Waals surface area contributed by atoms with Crippen LogP contribution < -0.4 is 0 Å². The van der Waals surface area contributed by atoms with E-state index in [-0.39, 0.29) is 6.15 Å². The summed E-state index contributed by atoms with van der Waals surface area (Å²) in [6.45, 7) is 11.0. The Labute approximate surface area is 219 Å².